The van der Waals surface area contributed by atoms with Crippen LogP contribution >= 0.6 is 11.6 Å². The maximum Gasteiger partial charge on any atom is 0.165 e. The zero-order chi connectivity index (χ0) is 28.1. The number of aromatic nitrogens is 4. The third kappa shape index (κ3) is 6.23. The molecule has 40 heavy (non-hydrogen) atoms. The number of carbonyl (C=O) groups excluding carboxylic acids is 1. The number of ether oxygens (including phenoxy) is 1. The van der Waals surface area contributed by atoms with E-state index in [1.165, 1.54) is 6.07 Å². The standard InChI is InChI=1S/C31H31ClFN5O2/c1-20(39)7-3-4-8-21-9-5-11-24(15-21)38-17-25(29-30(34-2)35-19-36-31(29)38)22-13-14-27(26(33)16-22)40-18-23-10-6-12-28(32)37-23/h3-4,6-8,10,12-14,16-17,19,21,24H,5,9,11,15,18H2,1-2H3,(H,34,35,36)/b7-3+,8-4+. The summed E-state index contributed by atoms with van der Waals surface area (Å²) in [5.74, 6) is 0.786. The molecule has 0 radical (unpaired) electrons. The Bertz CT molecular complexity index is 1580. The lowest BCUT2D eigenvalue weighted by atomic mass is 9.85. The van der Waals surface area contributed by atoms with E-state index in [0.717, 1.165) is 42.3 Å². The summed E-state index contributed by atoms with van der Waals surface area (Å²) in [6.07, 6.45) is 15.3. The van der Waals surface area contributed by atoms with Gasteiger partial charge in [-0.1, -0.05) is 48.4 Å². The second-order valence-corrected chi connectivity index (χ2v) is 10.3. The second-order valence-electron chi connectivity index (χ2n) is 9.94. The number of carbonyl (C=O) groups is 1. The Morgan fingerprint density at radius 2 is 2.10 bits per heavy atom. The maximum atomic E-state index is 15.3. The quantitative estimate of drug-likeness (QED) is 0.131. The summed E-state index contributed by atoms with van der Waals surface area (Å²) in [7, 11) is 1.82. The van der Waals surface area contributed by atoms with Crippen LogP contribution in [-0.4, -0.2) is 32.3 Å². The normalized spacial score (nSPS) is 17.6. The van der Waals surface area contributed by atoms with Crippen LogP contribution in [0.2, 0.25) is 5.15 Å². The number of nitrogens with one attached hydrogen (secondary N) is 1. The van der Waals surface area contributed by atoms with Gasteiger partial charge >= 0.3 is 0 Å². The molecule has 0 aliphatic heterocycles. The van der Waals surface area contributed by atoms with Gasteiger partial charge in [0.05, 0.1) is 11.1 Å². The summed E-state index contributed by atoms with van der Waals surface area (Å²) in [5, 5.41) is 4.38. The highest BCUT2D eigenvalue weighted by Gasteiger charge is 2.26. The molecule has 1 N–H and O–H groups in total. The fraction of sp³-hybridized carbons (Fsp3) is 0.290. The van der Waals surface area contributed by atoms with Crippen LogP contribution in [-0.2, 0) is 11.4 Å². The van der Waals surface area contributed by atoms with Crippen LogP contribution in [0, 0.1) is 11.7 Å². The molecule has 0 spiro atoms. The van der Waals surface area contributed by atoms with Crippen LogP contribution in [0.1, 0.15) is 44.3 Å². The number of allylic oxidation sites excluding steroid dienone is 4. The van der Waals surface area contributed by atoms with Gasteiger partial charge in [-0.3, -0.25) is 4.79 Å². The first-order valence-electron chi connectivity index (χ1n) is 13.4. The van der Waals surface area contributed by atoms with Crippen LogP contribution in [0.3, 0.4) is 0 Å². The van der Waals surface area contributed by atoms with Gasteiger partial charge in [-0.05, 0) is 68.0 Å². The van der Waals surface area contributed by atoms with Crippen molar-refractivity contribution in [3.8, 4) is 16.9 Å². The highest BCUT2D eigenvalue weighted by Crippen LogP contribution is 2.41. The predicted molar refractivity (Wildman–Crippen MR) is 156 cm³/mol. The lowest BCUT2D eigenvalue weighted by Gasteiger charge is -2.29. The molecule has 1 aliphatic rings. The van der Waals surface area contributed by atoms with Crippen molar-refractivity contribution in [3.63, 3.8) is 0 Å². The number of rotatable bonds is 9. The Labute approximate surface area is 237 Å². The van der Waals surface area contributed by atoms with E-state index in [0.29, 0.717) is 28.1 Å². The van der Waals surface area contributed by atoms with Gasteiger partial charge in [0.25, 0.3) is 0 Å². The van der Waals surface area contributed by atoms with Crippen molar-refractivity contribution in [2.24, 2.45) is 5.92 Å². The molecule has 4 aromatic rings. The van der Waals surface area contributed by atoms with Gasteiger partial charge in [-0.15, -0.1) is 0 Å². The monoisotopic (exact) mass is 559 g/mol. The van der Waals surface area contributed by atoms with Crippen LogP contribution in [0.25, 0.3) is 22.2 Å². The number of hydrogen-bond donors (Lipinski definition) is 1. The van der Waals surface area contributed by atoms with Crippen molar-refractivity contribution in [2.45, 2.75) is 45.3 Å². The number of anilines is 1. The van der Waals surface area contributed by atoms with Crippen molar-refractivity contribution < 1.29 is 13.9 Å². The lowest BCUT2D eigenvalue weighted by molar-refractivity contribution is -0.112. The number of ketones is 1. The molecular formula is C31H31ClFN5O2. The highest BCUT2D eigenvalue weighted by atomic mass is 35.5. The Hall–Kier alpha value is -4.04. The first-order valence-corrected chi connectivity index (χ1v) is 13.7. The van der Waals surface area contributed by atoms with Crippen molar-refractivity contribution in [2.75, 3.05) is 12.4 Å². The first kappa shape index (κ1) is 27.5. The summed E-state index contributed by atoms with van der Waals surface area (Å²) < 4.78 is 23.2. The van der Waals surface area contributed by atoms with E-state index < -0.39 is 5.82 Å². The molecule has 206 valence electrons. The predicted octanol–water partition coefficient (Wildman–Crippen LogP) is 7.34. The van der Waals surface area contributed by atoms with Gasteiger partial charge in [0.15, 0.2) is 17.3 Å². The van der Waals surface area contributed by atoms with E-state index in [9.17, 15) is 4.79 Å². The number of benzene rings is 1. The molecule has 0 bridgehead atoms. The van der Waals surface area contributed by atoms with Crippen molar-refractivity contribution >= 4 is 34.2 Å². The molecule has 0 saturated heterocycles. The largest absolute Gasteiger partial charge is 0.484 e. The van der Waals surface area contributed by atoms with Crippen molar-refractivity contribution in [3.05, 3.63) is 89.9 Å². The molecule has 2 unspecified atom stereocenters. The molecule has 9 heteroatoms. The molecule has 1 saturated carbocycles. The summed E-state index contributed by atoms with van der Waals surface area (Å²) in [4.78, 5) is 24.5. The Morgan fingerprint density at radius 1 is 1.23 bits per heavy atom. The van der Waals surface area contributed by atoms with Crippen molar-refractivity contribution in [1.82, 2.24) is 19.5 Å². The Balaban J connectivity index is 1.44. The molecule has 1 aliphatic carbocycles. The lowest BCUT2D eigenvalue weighted by Crippen LogP contribution is -2.18. The SMILES string of the molecule is CNc1ncnc2c1c(-c1ccc(OCc3cccc(Cl)n3)c(F)c1)cn2C1CCCC(/C=C/C=C/C(C)=O)C1. The fourth-order valence-corrected chi connectivity index (χ4v) is 5.46. The molecule has 1 aromatic carbocycles. The summed E-state index contributed by atoms with van der Waals surface area (Å²) in [6.45, 7) is 1.65. The van der Waals surface area contributed by atoms with E-state index in [-0.39, 0.29) is 24.2 Å². The number of hydrogen-bond acceptors (Lipinski definition) is 6. The Kier molecular flexibility index (Phi) is 8.55. The molecule has 7 nitrogen and oxygen atoms in total. The van der Waals surface area contributed by atoms with E-state index >= 15 is 4.39 Å². The summed E-state index contributed by atoms with van der Waals surface area (Å²) >= 11 is 5.95. The number of nitrogens with zero attached hydrogens (tertiary/aromatic N) is 4. The Morgan fingerprint density at radius 3 is 2.88 bits per heavy atom. The van der Waals surface area contributed by atoms with E-state index in [2.05, 4.69) is 37.1 Å². The average Bonchev–Trinajstić information content (AvgIpc) is 3.35. The molecule has 5 rings (SSSR count). The highest BCUT2D eigenvalue weighted by molar-refractivity contribution is 6.29. The number of pyridine rings is 1. The zero-order valence-corrected chi connectivity index (χ0v) is 23.2. The van der Waals surface area contributed by atoms with Gasteiger partial charge in [0.2, 0.25) is 0 Å². The minimum absolute atomic E-state index is 0.0340. The molecule has 2 atom stereocenters. The van der Waals surface area contributed by atoms with Crippen LogP contribution in [0.15, 0.2) is 73.2 Å². The minimum Gasteiger partial charge on any atom is -0.484 e. The van der Waals surface area contributed by atoms with E-state index in [4.69, 9.17) is 16.3 Å². The maximum absolute atomic E-state index is 15.3. The van der Waals surface area contributed by atoms with Crippen LogP contribution in [0.5, 0.6) is 5.75 Å². The van der Waals surface area contributed by atoms with Crippen molar-refractivity contribution in [1.29, 1.82) is 0 Å². The average molecular weight is 560 g/mol. The molecule has 3 aromatic heterocycles. The number of halogens is 2. The van der Waals surface area contributed by atoms with Gasteiger partial charge in [0.1, 0.15) is 29.6 Å². The molecule has 0 amide bonds. The molecule has 1 fully saturated rings. The van der Waals surface area contributed by atoms with Gasteiger partial charge < -0.3 is 14.6 Å². The summed E-state index contributed by atoms with van der Waals surface area (Å²) in [5.41, 5.74) is 2.99. The van der Waals surface area contributed by atoms with Gasteiger partial charge in [-0.25, -0.2) is 19.3 Å². The number of fused-ring (bicyclic) bond motifs is 1. The van der Waals surface area contributed by atoms with E-state index in [1.807, 2.05) is 19.2 Å². The molecular weight excluding hydrogens is 529 g/mol. The van der Waals surface area contributed by atoms with Gasteiger partial charge in [-0.2, -0.15) is 0 Å². The minimum atomic E-state index is -0.468. The topological polar surface area (TPSA) is 81.9 Å². The van der Waals surface area contributed by atoms with Crippen LogP contribution < -0.4 is 10.1 Å². The fourth-order valence-electron chi connectivity index (χ4n) is 5.28. The van der Waals surface area contributed by atoms with E-state index in [1.54, 1.807) is 49.7 Å². The second kappa shape index (κ2) is 12.4. The third-order valence-corrected chi connectivity index (χ3v) is 7.35. The third-order valence-electron chi connectivity index (χ3n) is 7.14. The smallest absolute Gasteiger partial charge is 0.165 e. The van der Waals surface area contributed by atoms with Crippen LogP contribution in [0.4, 0.5) is 10.2 Å². The summed E-state index contributed by atoms with van der Waals surface area (Å²) in [6, 6.07) is 10.4. The van der Waals surface area contributed by atoms with Gasteiger partial charge in [0, 0.05) is 24.8 Å². The molecule has 3 heterocycles. The first-order chi connectivity index (χ1) is 19.4. The zero-order valence-electron chi connectivity index (χ0n) is 22.5.